The quantitative estimate of drug-likeness (QED) is 0.220. The predicted molar refractivity (Wildman–Crippen MR) is 157 cm³/mol. The van der Waals surface area contributed by atoms with Crippen LogP contribution in [0.25, 0.3) is 0 Å². The van der Waals surface area contributed by atoms with Crippen LogP contribution in [0.1, 0.15) is 118 Å². The Morgan fingerprint density at radius 3 is 2.18 bits per heavy atom. The largest absolute Gasteiger partial charge is 0.507 e. The van der Waals surface area contributed by atoms with Gasteiger partial charge in [0.05, 0.1) is 0 Å². The van der Waals surface area contributed by atoms with E-state index >= 15 is 0 Å². The third-order valence-electron chi connectivity index (χ3n) is 6.62. The lowest BCUT2D eigenvalue weighted by Gasteiger charge is -2.36. The zero-order chi connectivity index (χ0) is 29.8. The summed E-state index contributed by atoms with van der Waals surface area (Å²) >= 11 is 0. The molecular weight excluding hydrogens is 494 g/mol. The van der Waals surface area contributed by atoms with E-state index in [4.69, 9.17) is 4.74 Å². The van der Waals surface area contributed by atoms with Crippen LogP contribution in [0, 0.1) is 12.8 Å². The second-order valence-electron chi connectivity index (χ2n) is 11.9. The number of phenolic OH excluding ortho intramolecular Hbond substituents is 1. The fraction of sp³-hybridized carbons (Fsp3) is 0.710. The molecular formula is C31H53N3O5. The Kier molecular flexibility index (Phi) is 14.4. The van der Waals surface area contributed by atoms with Gasteiger partial charge in [-0.05, 0) is 58.9 Å². The van der Waals surface area contributed by atoms with Crippen LogP contribution in [-0.2, 0) is 14.3 Å². The SMILES string of the molecule is CCCCCCCN(C(=O)C(NC(=O)OC(C)(C)C)C(C)C)C(C(=O)NC(C)CCC)c1cccc(C)c1O. The number of amides is 3. The monoisotopic (exact) mass is 547 g/mol. The minimum absolute atomic E-state index is 0.00854. The lowest BCUT2D eigenvalue weighted by Crippen LogP contribution is -2.55. The lowest BCUT2D eigenvalue weighted by molar-refractivity contribution is -0.143. The number of rotatable bonds is 15. The first-order chi connectivity index (χ1) is 18.2. The fourth-order valence-corrected chi connectivity index (χ4v) is 4.56. The van der Waals surface area contributed by atoms with Gasteiger partial charge in [0, 0.05) is 18.2 Å². The molecule has 3 unspecified atom stereocenters. The molecule has 0 aliphatic heterocycles. The van der Waals surface area contributed by atoms with Crippen molar-refractivity contribution in [2.45, 2.75) is 131 Å². The number of ether oxygens (including phenoxy) is 1. The Morgan fingerprint density at radius 1 is 0.974 bits per heavy atom. The highest BCUT2D eigenvalue weighted by molar-refractivity contribution is 5.92. The van der Waals surface area contributed by atoms with Crippen LogP contribution in [0.4, 0.5) is 4.79 Å². The molecule has 222 valence electrons. The highest BCUT2D eigenvalue weighted by atomic mass is 16.6. The van der Waals surface area contributed by atoms with Gasteiger partial charge in [-0.3, -0.25) is 9.59 Å². The first-order valence-electron chi connectivity index (χ1n) is 14.6. The molecule has 0 heterocycles. The van der Waals surface area contributed by atoms with E-state index in [0.29, 0.717) is 24.1 Å². The number of para-hydroxylation sites is 1. The molecule has 1 rings (SSSR count). The first-order valence-corrected chi connectivity index (χ1v) is 14.6. The van der Waals surface area contributed by atoms with Crippen LogP contribution in [-0.4, -0.2) is 52.1 Å². The molecule has 0 aliphatic carbocycles. The summed E-state index contributed by atoms with van der Waals surface area (Å²) in [7, 11) is 0. The number of hydrogen-bond acceptors (Lipinski definition) is 5. The van der Waals surface area contributed by atoms with Crippen molar-refractivity contribution in [3.05, 3.63) is 29.3 Å². The Labute approximate surface area is 236 Å². The zero-order valence-corrected chi connectivity index (χ0v) is 25.7. The number of hydrogen-bond donors (Lipinski definition) is 3. The average Bonchev–Trinajstić information content (AvgIpc) is 2.82. The van der Waals surface area contributed by atoms with Gasteiger partial charge in [0.15, 0.2) is 0 Å². The Morgan fingerprint density at radius 2 is 1.62 bits per heavy atom. The Bertz CT molecular complexity index is 925. The number of aryl methyl sites for hydroxylation is 1. The summed E-state index contributed by atoms with van der Waals surface area (Å²) in [5.74, 6) is -0.999. The van der Waals surface area contributed by atoms with E-state index in [2.05, 4.69) is 17.6 Å². The molecule has 0 saturated heterocycles. The molecule has 39 heavy (non-hydrogen) atoms. The van der Waals surface area contributed by atoms with E-state index in [1.807, 2.05) is 27.7 Å². The summed E-state index contributed by atoms with van der Waals surface area (Å²) in [6, 6.07) is 3.18. The molecule has 0 bridgehead atoms. The Hall–Kier alpha value is -2.77. The summed E-state index contributed by atoms with van der Waals surface area (Å²) < 4.78 is 5.44. The maximum absolute atomic E-state index is 14.2. The molecule has 8 heteroatoms. The van der Waals surface area contributed by atoms with E-state index in [0.717, 1.165) is 38.5 Å². The number of aromatic hydroxyl groups is 1. The third-order valence-corrected chi connectivity index (χ3v) is 6.62. The topological polar surface area (TPSA) is 108 Å². The van der Waals surface area contributed by atoms with Crippen LogP contribution < -0.4 is 10.6 Å². The molecule has 0 fully saturated rings. The van der Waals surface area contributed by atoms with Gasteiger partial charge in [0.2, 0.25) is 11.8 Å². The number of benzene rings is 1. The molecule has 1 aromatic rings. The van der Waals surface area contributed by atoms with Gasteiger partial charge in [-0.2, -0.15) is 0 Å². The van der Waals surface area contributed by atoms with Crippen LogP contribution in [0.3, 0.4) is 0 Å². The minimum atomic E-state index is -1.05. The van der Waals surface area contributed by atoms with E-state index < -0.39 is 23.8 Å². The highest BCUT2D eigenvalue weighted by Gasteiger charge is 2.38. The second kappa shape index (κ2) is 16.4. The Balaban J connectivity index is 3.55. The minimum Gasteiger partial charge on any atom is -0.507 e. The number of nitrogens with zero attached hydrogens (tertiary/aromatic N) is 1. The molecule has 0 aliphatic rings. The van der Waals surface area contributed by atoms with Crippen molar-refractivity contribution < 1.29 is 24.2 Å². The molecule has 3 N–H and O–H groups in total. The first kappa shape index (κ1) is 34.3. The van der Waals surface area contributed by atoms with Crippen LogP contribution in [0.2, 0.25) is 0 Å². The van der Waals surface area contributed by atoms with Crippen molar-refractivity contribution in [1.82, 2.24) is 15.5 Å². The number of alkyl carbamates (subject to hydrolysis) is 1. The van der Waals surface area contributed by atoms with Crippen molar-refractivity contribution in [2.75, 3.05) is 6.54 Å². The van der Waals surface area contributed by atoms with Crippen LogP contribution in [0.5, 0.6) is 5.75 Å². The molecule has 0 saturated carbocycles. The van der Waals surface area contributed by atoms with Crippen molar-refractivity contribution in [2.24, 2.45) is 5.92 Å². The summed E-state index contributed by atoms with van der Waals surface area (Å²) in [6.07, 6.45) is 5.83. The number of nitrogens with one attached hydrogen (secondary N) is 2. The predicted octanol–water partition coefficient (Wildman–Crippen LogP) is 6.39. The van der Waals surface area contributed by atoms with Gasteiger partial charge in [-0.1, -0.05) is 78.0 Å². The van der Waals surface area contributed by atoms with E-state index in [9.17, 15) is 19.5 Å². The summed E-state index contributed by atoms with van der Waals surface area (Å²) in [6.45, 7) is 17.2. The van der Waals surface area contributed by atoms with Gasteiger partial charge >= 0.3 is 6.09 Å². The van der Waals surface area contributed by atoms with Crippen LogP contribution in [0.15, 0.2) is 18.2 Å². The van der Waals surface area contributed by atoms with E-state index in [1.54, 1.807) is 45.9 Å². The van der Waals surface area contributed by atoms with Crippen molar-refractivity contribution >= 4 is 17.9 Å². The molecule has 3 amide bonds. The van der Waals surface area contributed by atoms with Crippen molar-refractivity contribution in [3.63, 3.8) is 0 Å². The van der Waals surface area contributed by atoms with Crippen LogP contribution >= 0.6 is 0 Å². The van der Waals surface area contributed by atoms with Gasteiger partial charge in [0.1, 0.15) is 23.4 Å². The smallest absolute Gasteiger partial charge is 0.408 e. The molecule has 3 atom stereocenters. The fourth-order valence-electron chi connectivity index (χ4n) is 4.56. The lowest BCUT2D eigenvalue weighted by atomic mass is 9.96. The standard InChI is InChI=1S/C31H53N3O5/c1-10-12-13-14-15-20-34(29(37)25(21(3)4)33-30(38)39-31(7,8)9)26(28(36)32-23(6)17-11-2)24-19-16-18-22(5)27(24)35/h16,18-19,21,23,25-26,35H,10-15,17,20H2,1-9H3,(H,32,36)(H,33,38). The van der Waals surface area contributed by atoms with Crippen molar-refractivity contribution in [3.8, 4) is 5.75 Å². The van der Waals surface area contributed by atoms with Gasteiger partial charge < -0.3 is 25.4 Å². The zero-order valence-electron chi connectivity index (χ0n) is 25.7. The number of unbranched alkanes of at least 4 members (excludes halogenated alkanes) is 4. The third kappa shape index (κ3) is 11.5. The molecule has 0 spiro atoms. The summed E-state index contributed by atoms with van der Waals surface area (Å²) in [5.41, 5.74) is 0.270. The molecule has 0 aromatic heterocycles. The molecule has 1 aromatic carbocycles. The highest BCUT2D eigenvalue weighted by Crippen LogP contribution is 2.33. The summed E-state index contributed by atoms with van der Waals surface area (Å²) in [4.78, 5) is 42.3. The summed E-state index contributed by atoms with van der Waals surface area (Å²) in [5, 5.41) is 16.8. The molecule has 0 radical (unpaired) electrons. The maximum Gasteiger partial charge on any atom is 0.408 e. The average molecular weight is 548 g/mol. The number of carbonyl (C=O) groups excluding carboxylic acids is 3. The maximum atomic E-state index is 14.2. The van der Waals surface area contributed by atoms with Gasteiger partial charge in [-0.25, -0.2) is 4.79 Å². The number of carbonyl (C=O) groups is 3. The van der Waals surface area contributed by atoms with Gasteiger partial charge in [0.25, 0.3) is 0 Å². The molecule has 8 nitrogen and oxygen atoms in total. The van der Waals surface area contributed by atoms with E-state index in [1.165, 1.54) is 4.90 Å². The normalized spacial score (nSPS) is 13.9. The van der Waals surface area contributed by atoms with Crippen molar-refractivity contribution in [1.29, 1.82) is 0 Å². The van der Waals surface area contributed by atoms with E-state index in [-0.39, 0.29) is 29.5 Å². The van der Waals surface area contributed by atoms with Gasteiger partial charge in [-0.15, -0.1) is 0 Å². The second-order valence-corrected chi connectivity index (χ2v) is 11.9. The number of phenols is 1.